The summed E-state index contributed by atoms with van der Waals surface area (Å²) in [4.78, 5) is 21.3. The maximum Gasteiger partial charge on any atom is 0.349 e. The lowest BCUT2D eigenvalue weighted by molar-refractivity contribution is 0.00837. The normalized spacial score (nSPS) is 16.9. The molecule has 1 aliphatic heterocycles. The van der Waals surface area contributed by atoms with Crippen LogP contribution in [0.3, 0.4) is 0 Å². The van der Waals surface area contributed by atoms with Crippen LogP contribution in [0.4, 0.5) is 9.59 Å². The van der Waals surface area contributed by atoms with Gasteiger partial charge in [0, 0.05) is 13.1 Å². The van der Waals surface area contributed by atoms with Crippen LogP contribution in [0.25, 0.3) is 0 Å². The number of nitrogens with two attached hydrogens (primary N) is 2. The molecule has 0 saturated carbocycles. The highest BCUT2D eigenvalue weighted by atomic mass is 16.2. The molecule has 1 heterocycles. The van der Waals surface area contributed by atoms with Gasteiger partial charge in [0.05, 0.1) is 6.67 Å². The highest BCUT2D eigenvalue weighted by Crippen LogP contribution is 1.96. The number of hydrogen-bond acceptors (Lipinski definition) is 4. The van der Waals surface area contributed by atoms with Crippen molar-refractivity contribution in [2.75, 3.05) is 19.8 Å². The Bertz CT molecular complexity index is 213. The minimum absolute atomic E-state index is 0.448. The Morgan fingerprint density at radius 1 is 1.46 bits per heavy atom. The molecular weight excluding hydrogens is 176 g/mol. The van der Waals surface area contributed by atoms with Crippen molar-refractivity contribution >= 4 is 12.1 Å². The number of urea groups is 2. The third-order valence-corrected chi connectivity index (χ3v) is 1.55. The molecule has 8 heteroatoms. The van der Waals surface area contributed by atoms with Gasteiger partial charge in [-0.05, 0) is 0 Å². The Kier molecular flexibility index (Phi) is 2.88. The monoisotopic (exact) mass is 188 g/mol. The molecule has 0 aromatic heterocycles. The molecule has 8 nitrogen and oxygen atoms in total. The fourth-order valence-electron chi connectivity index (χ4n) is 1.04. The Morgan fingerprint density at radius 3 is 2.54 bits per heavy atom. The number of primary amides is 2. The van der Waals surface area contributed by atoms with Gasteiger partial charge in [-0.2, -0.15) is 10.1 Å². The average Bonchev–Trinajstić information content (AvgIpc) is 2.50. The van der Waals surface area contributed by atoms with Gasteiger partial charge in [-0.3, -0.25) is 0 Å². The van der Waals surface area contributed by atoms with Crippen LogP contribution < -0.4 is 22.2 Å². The minimum atomic E-state index is -0.828. The van der Waals surface area contributed by atoms with E-state index in [-0.39, 0.29) is 0 Å². The molecule has 1 saturated heterocycles. The number of hydrazine groups is 2. The van der Waals surface area contributed by atoms with Crippen LogP contribution in [-0.2, 0) is 0 Å². The maximum atomic E-state index is 10.8. The summed E-state index contributed by atoms with van der Waals surface area (Å²) in [7, 11) is 0. The SMILES string of the molecule is NC(=O)NN(C(N)=O)N1CCNC1. The van der Waals surface area contributed by atoms with Crippen molar-refractivity contribution in [2.45, 2.75) is 0 Å². The number of hydrogen-bond donors (Lipinski definition) is 4. The third-order valence-electron chi connectivity index (χ3n) is 1.55. The first-order chi connectivity index (χ1) is 6.11. The highest BCUT2D eigenvalue weighted by Gasteiger charge is 2.23. The molecule has 1 fully saturated rings. The molecule has 13 heavy (non-hydrogen) atoms. The Balaban J connectivity index is 2.55. The van der Waals surface area contributed by atoms with E-state index in [2.05, 4.69) is 10.7 Å². The summed E-state index contributed by atoms with van der Waals surface area (Å²) in [5.74, 6) is 0. The van der Waals surface area contributed by atoms with Gasteiger partial charge in [-0.25, -0.2) is 15.0 Å². The first-order valence-electron chi connectivity index (χ1n) is 3.72. The molecule has 0 bridgehead atoms. The first-order valence-corrected chi connectivity index (χ1v) is 3.72. The summed E-state index contributed by atoms with van der Waals surface area (Å²) in [5.41, 5.74) is 12.0. The van der Waals surface area contributed by atoms with Crippen LogP contribution in [0.5, 0.6) is 0 Å². The minimum Gasteiger partial charge on any atom is -0.350 e. The molecule has 6 N–H and O–H groups in total. The van der Waals surface area contributed by atoms with E-state index in [9.17, 15) is 9.59 Å². The zero-order valence-corrected chi connectivity index (χ0v) is 6.99. The second-order valence-corrected chi connectivity index (χ2v) is 2.51. The average molecular weight is 188 g/mol. The number of amides is 4. The molecular formula is C5H12N6O2. The summed E-state index contributed by atoms with van der Waals surface area (Å²) >= 11 is 0. The standard InChI is InChI=1S/C5H12N6O2/c6-4(12)9-11(5(7)13)10-2-1-8-3-10/h8H,1-3H2,(H2,7,13)(H3,6,9,12). The van der Waals surface area contributed by atoms with Crippen LogP contribution in [0, 0.1) is 0 Å². The van der Waals surface area contributed by atoms with Crippen LogP contribution in [0.2, 0.25) is 0 Å². The van der Waals surface area contributed by atoms with Crippen molar-refractivity contribution in [1.29, 1.82) is 0 Å². The Labute approximate surface area is 74.8 Å². The molecule has 4 amide bonds. The number of carbonyl (C=O) groups is 2. The lowest BCUT2D eigenvalue weighted by Gasteiger charge is -2.27. The van der Waals surface area contributed by atoms with Gasteiger partial charge in [0.25, 0.3) is 0 Å². The molecule has 1 aliphatic rings. The van der Waals surface area contributed by atoms with Crippen LogP contribution in [0.1, 0.15) is 0 Å². The summed E-state index contributed by atoms with van der Waals surface area (Å²) in [6.07, 6.45) is 0. The molecule has 0 spiro atoms. The molecule has 0 atom stereocenters. The van der Waals surface area contributed by atoms with Crippen molar-refractivity contribution in [3.8, 4) is 0 Å². The van der Waals surface area contributed by atoms with E-state index in [1.807, 2.05) is 0 Å². The lowest BCUT2D eigenvalue weighted by Crippen LogP contribution is -2.58. The van der Waals surface area contributed by atoms with E-state index >= 15 is 0 Å². The van der Waals surface area contributed by atoms with Gasteiger partial charge in [-0.1, -0.05) is 0 Å². The van der Waals surface area contributed by atoms with Gasteiger partial charge < -0.3 is 16.8 Å². The third kappa shape index (κ3) is 2.46. The highest BCUT2D eigenvalue weighted by molar-refractivity contribution is 5.77. The second-order valence-electron chi connectivity index (χ2n) is 2.51. The second kappa shape index (κ2) is 3.92. The van der Waals surface area contributed by atoms with E-state index < -0.39 is 12.1 Å². The zero-order valence-electron chi connectivity index (χ0n) is 6.99. The van der Waals surface area contributed by atoms with Gasteiger partial charge >= 0.3 is 12.1 Å². The fraction of sp³-hybridized carbons (Fsp3) is 0.600. The first kappa shape index (κ1) is 9.55. The number of nitrogens with zero attached hydrogens (tertiary/aromatic N) is 2. The van der Waals surface area contributed by atoms with E-state index in [1.165, 1.54) is 5.01 Å². The number of rotatable bonds is 1. The van der Waals surface area contributed by atoms with Crippen LogP contribution >= 0.6 is 0 Å². The van der Waals surface area contributed by atoms with E-state index in [0.717, 1.165) is 11.7 Å². The van der Waals surface area contributed by atoms with Crippen LogP contribution in [-0.4, -0.2) is 41.9 Å². The van der Waals surface area contributed by atoms with Gasteiger partial charge in [-0.15, -0.1) is 0 Å². The zero-order chi connectivity index (χ0) is 9.84. The maximum absolute atomic E-state index is 10.8. The largest absolute Gasteiger partial charge is 0.350 e. The molecule has 0 aromatic rings. The molecule has 0 aromatic carbocycles. The summed E-state index contributed by atoms with van der Waals surface area (Å²) in [6.45, 7) is 1.76. The van der Waals surface area contributed by atoms with Gasteiger partial charge in [0.2, 0.25) is 0 Å². The van der Waals surface area contributed by atoms with Crippen molar-refractivity contribution in [1.82, 2.24) is 20.9 Å². The fourth-order valence-corrected chi connectivity index (χ4v) is 1.04. The van der Waals surface area contributed by atoms with E-state index in [4.69, 9.17) is 11.5 Å². The lowest BCUT2D eigenvalue weighted by atomic mass is 10.7. The molecule has 74 valence electrons. The topological polar surface area (TPSA) is 117 Å². The van der Waals surface area contributed by atoms with Crippen molar-refractivity contribution in [3.63, 3.8) is 0 Å². The molecule has 1 rings (SSSR count). The van der Waals surface area contributed by atoms with E-state index in [1.54, 1.807) is 0 Å². The van der Waals surface area contributed by atoms with E-state index in [0.29, 0.717) is 13.2 Å². The van der Waals surface area contributed by atoms with Crippen molar-refractivity contribution < 1.29 is 9.59 Å². The summed E-state index contributed by atoms with van der Waals surface area (Å²) in [6, 6.07) is -1.60. The quantitative estimate of drug-likeness (QED) is 0.347. The number of carbonyl (C=O) groups excluding carboxylic acids is 2. The summed E-state index contributed by atoms with van der Waals surface area (Å²) < 4.78 is 0. The molecule has 0 radical (unpaired) electrons. The smallest absolute Gasteiger partial charge is 0.349 e. The van der Waals surface area contributed by atoms with Gasteiger partial charge in [0.15, 0.2) is 0 Å². The van der Waals surface area contributed by atoms with Gasteiger partial charge in [0.1, 0.15) is 0 Å². The molecule has 0 unspecified atom stereocenters. The summed E-state index contributed by atoms with van der Waals surface area (Å²) in [5, 5.41) is 5.39. The predicted molar refractivity (Wildman–Crippen MR) is 43.7 cm³/mol. The Hall–Kier alpha value is -1.54. The van der Waals surface area contributed by atoms with Crippen molar-refractivity contribution in [3.05, 3.63) is 0 Å². The predicted octanol–water partition coefficient (Wildman–Crippen LogP) is -2.27. The van der Waals surface area contributed by atoms with Crippen molar-refractivity contribution in [2.24, 2.45) is 11.5 Å². The van der Waals surface area contributed by atoms with Crippen LogP contribution in [0.15, 0.2) is 0 Å². The molecule has 0 aliphatic carbocycles. The Morgan fingerprint density at radius 2 is 2.15 bits per heavy atom. The number of nitrogens with one attached hydrogen (secondary N) is 2.